The van der Waals surface area contributed by atoms with E-state index in [2.05, 4.69) is 70.9 Å². The van der Waals surface area contributed by atoms with Crippen LogP contribution in [0.2, 0.25) is 0 Å². The van der Waals surface area contributed by atoms with Crippen LogP contribution in [0.3, 0.4) is 0 Å². The van der Waals surface area contributed by atoms with Crippen molar-refractivity contribution < 1.29 is 4.74 Å². The minimum absolute atomic E-state index is 0.628. The summed E-state index contributed by atoms with van der Waals surface area (Å²) in [6.07, 6.45) is 8.08. The first-order valence-electron chi connectivity index (χ1n) is 14.3. The zero-order valence-electron chi connectivity index (χ0n) is 22.7. The van der Waals surface area contributed by atoms with Crippen molar-refractivity contribution in [1.29, 1.82) is 0 Å². The molecule has 0 bridgehead atoms. The van der Waals surface area contributed by atoms with E-state index in [4.69, 9.17) is 4.74 Å². The number of aromatic amines is 1. The number of nitrogens with one attached hydrogen (secondary N) is 1. The van der Waals surface area contributed by atoms with Gasteiger partial charge in [-0.15, -0.1) is 0 Å². The molecule has 0 unspecified atom stereocenters. The number of ether oxygens (including phenoxy) is 1. The van der Waals surface area contributed by atoms with Gasteiger partial charge in [0.05, 0.1) is 6.61 Å². The number of likely N-dealkylation sites (tertiary alicyclic amines) is 2. The monoisotopic (exact) mass is 488 g/mol. The van der Waals surface area contributed by atoms with Gasteiger partial charge in [-0.05, 0) is 106 Å². The van der Waals surface area contributed by atoms with Gasteiger partial charge in [-0.25, -0.2) is 4.98 Å². The van der Waals surface area contributed by atoms with Crippen LogP contribution in [-0.2, 0) is 6.42 Å². The highest BCUT2D eigenvalue weighted by Crippen LogP contribution is 2.36. The molecule has 0 radical (unpaired) electrons. The Morgan fingerprint density at radius 3 is 2.47 bits per heavy atom. The minimum Gasteiger partial charge on any atom is -0.478 e. The molecule has 5 nitrogen and oxygen atoms in total. The number of rotatable bonds is 8. The van der Waals surface area contributed by atoms with Gasteiger partial charge in [-0.1, -0.05) is 26.8 Å². The molecule has 2 aliphatic heterocycles. The van der Waals surface area contributed by atoms with Crippen LogP contribution in [0.5, 0.6) is 5.88 Å². The van der Waals surface area contributed by atoms with Crippen molar-refractivity contribution in [2.24, 2.45) is 5.92 Å². The molecule has 4 heterocycles. The Balaban J connectivity index is 1.27. The molecule has 0 saturated carbocycles. The summed E-state index contributed by atoms with van der Waals surface area (Å²) in [7, 11) is 0. The number of aromatic nitrogens is 2. The maximum absolute atomic E-state index is 5.66. The highest BCUT2D eigenvalue weighted by atomic mass is 16.5. The van der Waals surface area contributed by atoms with E-state index in [1.54, 1.807) is 0 Å². The maximum Gasteiger partial charge on any atom is 0.213 e. The zero-order valence-corrected chi connectivity index (χ0v) is 22.7. The van der Waals surface area contributed by atoms with Crippen molar-refractivity contribution in [3.05, 3.63) is 47.7 Å². The lowest BCUT2D eigenvalue weighted by Gasteiger charge is -2.42. The fourth-order valence-corrected chi connectivity index (χ4v) is 6.51. The summed E-state index contributed by atoms with van der Waals surface area (Å²) in [5.74, 6) is 2.13. The average molecular weight is 489 g/mol. The smallest absolute Gasteiger partial charge is 0.213 e. The topological polar surface area (TPSA) is 44.4 Å². The fraction of sp³-hybridized carbons (Fsp3) is 0.581. The predicted octanol–water partition coefficient (Wildman–Crippen LogP) is 6.49. The summed E-state index contributed by atoms with van der Waals surface area (Å²) >= 11 is 0. The summed E-state index contributed by atoms with van der Waals surface area (Å²) in [5.41, 5.74) is 6.48. The SMILES string of the molecule is CCOc1cc(-c2[nH]c3ccc(C4CCN(C5CCN(CC(C)C)CC5)CC4)cc3c2CC)ccn1. The van der Waals surface area contributed by atoms with Gasteiger partial charge in [0.1, 0.15) is 0 Å². The average Bonchev–Trinajstić information content (AvgIpc) is 3.27. The van der Waals surface area contributed by atoms with E-state index < -0.39 is 0 Å². The van der Waals surface area contributed by atoms with Crippen molar-refractivity contribution in [3.8, 4) is 17.1 Å². The molecule has 1 aromatic carbocycles. The van der Waals surface area contributed by atoms with Crippen LogP contribution in [0.15, 0.2) is 36.5 Å². The second-order valence-electron chi connectivity index (χ2n) is 11.2. The zero-order chi connectivity index (χ0) is 25.1. The maximum atomic E-state index is 5.66. The summed E-state index contributed by atoms with van der Waals surface area (Å²) in [5, 5.41) is 1.37. The first kappa shape index (κ1) is 25.3. The van der Waals surface area contributed by atoms with Crippen LogP contribution < -0.4 is 4.74 Å². The lowest BCUT2D eigenvalue weighted by atomic mass is 9.87. The molecule has 0 aliphatic carbocycles. The quantitative estimate of drug-likeness (QED) is 0.394. The van der Waals surface area contributed by atoms with Gasteiger partial charge in [-0.2, -0.15) is 0 Å². The van der Waals surface area contributed by atoms with Crippen LogP contribution in [0, 0.1) is 5.92 Å². The molecular weight excluding hydrogens is 444 g/mol. The summed E-state index contributed by atoms with van der Waals surface area (Å²) in [6.45, 7) is 15.9. The Bertz CT molecular complexity index is 1140. The van der Waals surface area contributed by atoms with Crippen LogP contribution in [-0.4, -0.2) is 65.1 Å². The van der Waals surface area contributed by atoms with Gasteiger partial charge < -0.3 is 19.5 Å². The van der Waals surface area contributed by atoms with Gasteiger partial charge in [0.25, 0.3) is 0 Å². The van der Waals surface area contributed by atoms with E-state index in [1.165, 1.54) is 86.1 Å². The van der Waals surface area contributed by atoms with Crippen molar-refractivity contribution in [2.45, 2.75) is 71.8 Å². The van der Waals surface area contributed by atoms with E-state index in [0.29, 0.717) is 18.4 Å². The predicted molar refractivity (Wildman–Crippen MR) is 150 cm³/mol. The first-order chi connectivity index (χ1) is 17.6. The summed E-state index contributed by atoms with van der Waals surface area (Å²) < 4.78 is 5.66. The highest BCUT2D eigenvalue weighted by Gasteiger charge is 2.29. The van der Waals surface area contributed by atoms with E-state index in [0.717, 1.165) is 23.9 Å². The molecule has 2 saturated heterocycles. The van der Waals surface area contributed by atoms with Crippen molar-refractivity contribution in [3.63, 3.8) is 0 Å². The van der Waals surface area contributed by atoms with Gasteiger partial charge in [0, 0.05) is 47.0 Å². The van der Waals surface area contributed by atoms with Crippen LogP contribution in [0.4, 0.5) is 0 Å². The van der Waals surface area contributed by atoms with E-state index in [1.807, 2.05) is 13.1 Å². The van der Waals surface area contributed by atoms with E-state index in [-0.39, 0.29) is 0 Å². The van der Waals surface area contributed by atoms with Gasteiger partial charge in [-0.3, -0.25) is 0 Å². The molecule has 36 heavy (non-hydrogen) atoms. The second-order valence-corrected chi connectivity index (χ2v) is 11.2. The van der Waals surface area contributed by atoms with Crippen LogP contribution in [0.1, 0.15) is 70.4 Å². The molecular formula is C31H44N4O. The summed E-state index contributed by atoms with van der Waals surface area (Å²) in [4.78, 5) is 13.5. The molecule has 0 spiro atoms. The molecule has 0 amide bonds. The lowest BCUT2D eigenvalue weighted by molar-refractivity contribution is 0.0828. The molecule has 1 N–H and O–H groups in total. The van der Waals surface area contributed by atoms with Crippen LogP contribution in [0.25, 0.3) is 22.2 Å². The molecule has 5 rings (SSSR count). The molecule has 2 aliphatic rings. The van der Waals surface area contributed by atoms with E-state index >= 15 is 0 Å². The van der Waals surface area contributed by atoms with E-state index in [9.17, 15) is 0 Å². The fourth-order valence-electron chi connectivity index (χ4n) is 6.51. The molecule has 0 atom stereocenters. The molecule has 2 aromatic heterocycles. The molecule has 2 fully saturated rings. The molecule has 5 heteroatoms. The third-order valence-electron chi connectivity index (χ3n) is 8.30. The van der Waals surface area contributed by atoms with Crippen LogP contribution >= 0.6 is 0 Å². The number of hydrogen-bond donors (Lipinski definition) is 1. The third-order valence-corrected chi connectivity index (χ3v) is 8.30. The number of nitrogens with zero attached hydrogens (tertiary/aromatic N) is 3. The molecule has 194 valence electrons. The number of fused-ring (bicyclic) bond motifs is 1. The van der Waals surface area contributed by atoms with Crippen molar-refractivity contribution in [1.82, 2.24) is 19.8 Å². The number of hydrogen-bond acceptors (Lipinski definition) is 4. The third kappa shape index (κ3) is 5.47. The number of H-pyrrole nitrogens is 1. The van der Waals surface area contributed by atoms with Crippen molar-refractivity contribution in [2.75, 3.05) is 39.3 Å². The highest BCUT2D eigenvalue weighted by molar-refractivity contribution is 5.91. The minimum atomic E-state index is 0.628. The first-order valence-corrected chi connectivity index (χ1v) is 14.3. The normalized spacial score (nSPS) is 18.9. The Morgan fingerprint density at radius 1 is 1.00 bits per heavy atom. The number of piperidine rings is 2. The summed E-state index contributed by atoms with van der Waals surface area (Å²) in [6, 6.07) is 12.1. The standard InChI is InChI=1S/C31H44N4O/c1-5-27-28-19-24(7-8-29(28)33-31(27)25-9-14-32-30(20-25)36-6-2)23-10-17-35(18-11-23)26-12-15-34(16-13-26)21-22(3)4/h7-9,14,19-20,22-23,26,33H,5-6,10-13,15-18,21H2,1-4H3. The number of pyridine rings is 1. The lowest BCUT2D eigenvalue weighted by Crippen LogP contribution is -2.48. The van der Waals surface area contributed by atoms with Gasteiger partial charge >= 0.3 is 0 Å². The Labute approximate surface area is 217 Å². The van der Waals surface area contributed by atoms with Gasteiger partial charge in [0.15, 0.2) is 0 Å². The largest absolute Gasteiger partial charge is 0.478 e. The molecule has 3 aromatic rings. The Hall–Kier alpha value is -2.37. The van der Waals surface area contributed by atoms with Gasteiger partial charge in [0.2, 0.25) is 5.88 Å². The number of benzene rings is 1. The Morgan fingerprint density at radius 2 is 1.78 bits per heavy atom. The Kier molecular flexibility index (Phi) is 7.97. The van der Waals surface area contributed by atoms with Crippen molar-refractivity contribution >= 4 is 10.9 Å². The second kappa shape index (κ2) is 11.4. The number of aryl methyl sites for hydroxylation is 1.